The van der Waals surface area contributed by atoms with Crippen molar-refractivity contribution in [1.82, 2.24) is 9.55 Å². The molecule has 3 aromatic carbocycles. The Balaban J connectivity index is 1.39. The molecule has 1 heterocycles. The number of carbonyl (C=O) groups is 2. The SMILES string of the molecule is Cc1cccc(OC(=O)COC(=O)CSc2nc3ccccc3n2Cc2ccccc2Cl)c1. The van der Waals surface area contributed by atoms with Gasteiger partial charge in [-0.3, -0.25) is 4.79 Å². The summed E-state index contributed by atoms with van der Waals surface area (Å²) in [5.41, 5.74) is 3.68. The lowest BCUT2D eigenvalue weighted by molar-refractivity contribution is -0.151. The molecule has 0 N–H and O–H groups in total. The molecular weight excluding hydrogens is 460 g/mol. The second-order valence-corrected chi connectivity index (χ2v) is 8.65. The lowest BCUT2D eigenvalue weighted by Gasteiger charge is -2.10. The van der Waals surface area contributed by atoms with Crippen LogP contribution in [0.5, 0.6) is 5.75 Å². The minimum absolute atomic E-state index is 0.00354. The number of carbonyl (C=O) groups excluding carboxylic acids is 2. The Morgan fingerprint density at radius 2 is 1.79 bits per heavy atom. The zero-order valence-electron chi connectivity index (χ0n) is 17.9. The predicted octanol–water partition coefficient (Wildman–Crippen LogP) is 5.29. The van der Waals surface area contributed by atoms with Crippen LogP contribution in [0, 0.1) is 6.92 Å². The Morgan fingerprint density at radius 3 is 2.61 bits per heavy atom. The predicted molar refractivity (Wildman–Crippen MR) is 129 cm³/mol. The Bertz CT molecular complexity index is 1300. The van der Waals surface area contributed by atoms with Crippen molar-refractivity contribution < 1.29 is 19.1 Å². The number of aryl methyl sites for hydroxylation is 1. The molecular formula is C25H21ClN2O4S. The maximum absolute atomic E-state index is 12.3. The van der Waals surface area contributed by atoms with E-state index in [2.05, 4.69) is 4.98 Å². The smallest absolute Gasteiger partial charge is 0.349 e. The third-order valence-electron chi connectivity index (χ3n) is 4.80. The van der Waals surface area contributed by atoms with Gasteiger partial charge in [0.2, 0.25) is 0 Å². The molecule has 0 saturated carbocycles. The summed E-state index contributed by atoms with van der Waals surface area (Å²) < 4.78 is 12.3. The van der Waals surface area contributed by atoms with E-state index in [4.69, 9.17) is 21.1 Å². The first-order chi connectivity index (χ1) is 16.0. The van der Waals surface area contributed by atoms with Gasteiger partial charge in [-0.15, -0.1) is 0 Å². The molecule has 4 rings (SSSR count). The number of thioether (sulfide) groups is 1. The van der Waals surface area contributed by atoms with E-state index in [1.165, 1.54) is 11.8 Å². The topological polar surface area (TPSA) is 70.4 Å². The standard InChI is InChI=1S/C25H21ClN2O4S/c1-17-7-6-9-19(13-17)32-23(29)15-31-24(30)16-33-25-27-21-11-4-5-12-22(21)28(25)14-18-8-2-3-10-20(18)26/h2-13H,14-16H2,1H3. The number of rotatable bonds is 8. The van der Waals surface area contributed by atoms with Gasteiger partial charge >= 0.3 is 11.9 Å². The summed E-state index contributed by atoms with van der Waals surface area (Å²) in [4.78, 5) is 28.9. The van der Waals surface area contributed by atoms with E-state index in [1.807, 2.05) is 66.1 Å². The number of ether oxygens (including phenoxy) is 2. The first-order valence-corrected chi connectivity index (χ1v) is 11.6. The summed E-state index contributed by atoms with van der Waals surface area (Å²) in [6.45, 7) is 1.96. The van der Waals surface area contributed by atoms with E-state index in [9.17, 15) is 9.59 Å². The van der Waals surface area contributed by atoms with Crippen molar-refractivity contribution in [2.45, 2.75) is 18.6 Å². The first kappa shape index (κ1) is 22.9. The van der Waals surface area contributed by atoms with Crippen LogP contribution in [-0.4, -0.2) is 33.8 Å². The maximum Gasteiger partial charge on any atom is 0.349 e. The number of fused-ring (bicyclic) bond motifs is 1. The number of hydrogen-bond donors (Lipinski definition) is 0. The largest absolute Gasteiger partial charge is 0.453 e. The molecule has 0 unspecified atom stereocenters. The van der Waals surface area contributed by atoms with Crippen molar-refractivity contribution in [1.29, 1.82) is 0 Å². The average Bonchev–Trinajstić information content (AvgIpc) is 3.15. The van der Waals surface area contributed by atoms with E-state index in [0.717, 1.165) is 22.2 Å². The van der Waals surface area contributed by atoms with Crippen molar-refractivity contribution in [3.63, 3.8) is 0 Å². The molecule has 0 saturated heterocycles. The Kier molecular flexibility index (Phi) is 7.32. The average molecular weight is 481 g/mol. The van der Waals surface area contributed by atoms with E-state index in [0.29, 0.717) is 22.5 Å². The van der Waals surface area contributed by atoms with Gasteiger partial charge in [-0.25, -0.2) is 9.78 Å². The minimum Gasteiger partial charge on any atom is -0.453 e. The van der Waals surface area contributed by atoms with Gasteiger partial charge in [0.05, 0.1) is 23.3 Å². The van der Waals surface area contributed by atoms with Gasteiger partial charge in [-0.05, 0) is 48.4 Å². The van der Waals surface area contributed by atoms with Gasteiger partial charge in [0.25, 0.3) is 0 Å². The van der Waals surface area contributed by atoms with Crippen LogP contribution in [0.2, 0.25) is 5.02 Å². The number of hydrogen-bond acceptors (Lipinski definition) is 6. The van der Waals surface area contributed by atoms with Crippen LogP contribution in [0.15, 0.2) is 78.0 Å². The Labute approximate surface area is 200 Å². The minimum atomic E-state index is -0.634. The van der Waals surface area contributed by atoms with Crippen LogP contribution in [0.4, 0.5) is 0 Å². The second-order valence-electron chi connectivity index (χ2n) is 7.30. The highest BCUT2D eigenvalue weighted by Gasteiger charge is 2.16. The van der Waals surface area contributed by atoms with Crippen molar-refractivity contribution >= 4 is 46.3 Å². The third-order valence-corrected chi connectivity index (χ3v) is 6.12. The molecule has 0 bridgehead atoms. The molecule has 0 aliphatic carbocycles. The molecule has 0 amide bonds. The molecule has 8 heteroatoms. The molecule has 0 aliphatic rings. The van der Waals surface area contributed by atoms with E-state index in [-0.39, 0.29) is 5.75 Å². The van der Waals surface area contributed by atoms with Gasteiger partial charge in [0.1, 0.15) is 5.75 Å². The second kappa shape index (κ2) is 10.6. The van der Waals surface area contributed by atoms with Crippen LogP contribution in [0.1, 0.15) is 11.1 Å². The van der Waals surface area contributed by atoms with Gasteiger partial charge < -0.3 is 14.0 Å². The highest BCUT2D eigenvalue weighted by atomic mass is 35.5. The highest BCUT2D eigenvalue weighted by molar-refractivity contribution is 7.99. The molecule has 4 aromatic rings. The molecule has 0 atom stereocenters. The van der Waals surface area contributed by atoms with Gasteiger partial charge in [-0.2, -0.15) is 0 Å². The molecule has 6 nitrogen and oxygen atoms in total. The highest BCUT2D eigenvalue weighted by Crippen LogP contribution is 2.27. The lowest BCUT2D eigenvalue weighted by atomic mass is 10.2. The van der Waals surface area contributed by atoms with E-state index >= 15 is 0 Å². The van der Waals surface area contributed by atoms with Crippen LogP contribution in [0.25, 0.3) is 11.0 Å². The van der Waals surface area contributed by atoms with Crippen molar-refractivity contribution in [3.8, 4) is 5.75 Å². The molecule has 0 radical (unpaired) electrons. The van der Waals surface area contributed by atoms with Gasteiger partial charge in [0.15, 0.2) is 11.8 Å². The Hall–Kier alpha value is -3.29. The number of imidazole rings is 1. The van der Waals surface area contributed by atoms with Crippen LogP contribution in [-0.2, 0) is 20.9 Å². The van der Waals surface area contributed by atoms with Crippen molar-refractivity contribution in [2.24, 2.45) is 0 Å². The fourth-order valence-corrected chi connectivity index (χ4v) is 4.27. The van der Waals surface area contributed by atoms with Crippen LogP contribution in [0.3, 0.4) is 0 Å². The maximum atomic E-state index is 12.3. The number of esters is 2. The summed E-state index contributed by atoms with van der Waals surface area (Å²) in [5, 5.41) is 1.33. The van der Waals surface area contributed by atoms with E-state index < -0.39 is 18.5 Å². The summed E-state index contributed by atoms with van der Waals surface area (Å²) in [5.74, 6) is -0.745. The normalized spacial score (nSPS) is 10.8. The summed E-state index contributed by atoms with van der Waals surface area (Å²) in [7, 11) is 0. The fraction of sp³-hybridized carbons (Fsp3) is 0.160. The number of para-hydroxylation sites is 2. The molecule has 1 aromatic heterocycles. The number of aromatic nitrogens is 2. The number of halogens is 1. The van der Waals surface area contributed by atoms with Crippen LogP contribution < -0.4 is 4.74 Å². The summed E-state index contributed by atoms with van der Waals surface area (Å²) in [6.07, 6.45) is 0. The molecule has 0 spiro atoms. The first-order valence-electron chi connectivity index (χ1n) is 10.2. The molecule has 168 valence electrons. The molecule has 0 fully saturated rings. The fourth-order valence-electron chi connectivity index (χ4n) is 3.26. The summed E-state index contributed by atoms with van der Waals surface area (Å²) in [6, 6.07) is 22.5. The quantitative estimate of drug-likeness (QED) is 0.194. The molecule has 33 heavy (non-hydrogen) atoms. The summed E-state index contributed by atoms with van der Waals surface area (Å²) >= 11 is 7.60. The number of benzene rings is 3. The lowest BCUT2D eigenvalue weighted by Crippen LogP contribution is -2.20. The van der Waals surface area contributed by atoms with Gasteiger partial charge in [0, 0.05) is 5.02 Å². The van der Waals surface area contributed by atoms with Crippen molar-refractivity contribution in [2.75, 3.05) is 12.4 Å². The monoisotopic (exact) mass is 480 g/mol. The van der Waals surface area contributed by atoms with Crippen molar-refractivity contribution in [3.05, 3.63) is 88.9 Å². The zero-order valence-corrected chi connectivity index (χ0v) is 19.4. The number of nitrogens with zero attached hydrogens (tertiary/aromatic N) is 2. The third kappa shape index (κ3) is 5.94. The van der Waals surface area contributed by atoms with E-state index in [1.54, 1.807) is 18.2 Å². The zero-order chi connectivity index (χ0) is 23.2. The molecule has 0 aliphatic heterocycles. The van der Waals surface area contributed by atoms with Gasteiger partial charge in [-0.1, -0.05) is 65.8 Å². The van der Waals surface area contributed by atoms with Crippen LogP contribution >= 0.6 is 23.4 Å². The Morgan fingerprint density at radius 1 is 1.00 bits per heavy atom.